The average Bonchev–Trinajstić information content (AvgIpc) is 2.68. The van der Waals surface area contributed by atoms with Crippen LogP contribution in [-0.4, -0.2) is 34.3 Å². The van der Waals surface area contributed by atoms with Crippen molar-refractivity contribution in [3.63, 3.8) is 0 Å². The minimum absolute atomic E-state index is 0.0698. The lowest BCUT2D eigenvalue weighted by Gasteiger charge is -2.24. The van der Waals surface area contributed by atoms with E-state index in [9.17, 15) is 4.79 Å². The van der Waals surface area contributed by atoms with E-state index in [2.05, 4.69) is 9.97 Å². The molecule has 15 heavy (non-hydrogen) atoms. The van der Waals surface area contributed by atoms with Gasteiger partial charge in [0, 0.05) is 24.4 Å². The van der Waals surface area contributed by atoms with Crippen molar-refractivity contribution in [2.75, 3.05) is 13.2 Å². The molecule has 0 radical (unpaired) electrons. The SMILES string of the molecule is O=C(O)CC1(c2cncnc2)CCOC1. The topological polar surface area (TPSA) is 72.3 Å². The van der Waals surface area contributed by atoms with Crippen molar-refractivity contribution in [1.82, 2.24) is 9.97 Å². The Hall–Kier alpha value is -1.49. The Labute approximate surface area is 87.1 Å². The van der Waals surface area contributed by atoms with E-state index in [0.29, 0.717) is 19.6 Å². The second-order valence-corrected chi connectivity index (χ2v) is 3.78. The van der Waals surface area contributed by atoms with Crippen LogP contribution < -0.4 is 0 Å². The second-order valence-electron chi connectivity index (χ2n) is 3.78. The van der Waals surface area contributed by atoms with E-state index < -0.39 is 11.4 Å². The molecule has 0 saturated carbocycles. The molecule has 1 aromatic rings. The van der Waals surface area contributed by atoms with E-state index in [1.165, 1.54) is 6.33 Å². The van der Waals surface area contributed by atoms with E-state index in [1.54, 1.807) is 12.4 Å². The van der Waals surface area contributed by atoms with Gasteiger partial charge < -0.3 is 9.84 Å². The zero-order valence-electron chi connectivity index (χ0n) is 8.22. The van der Waals surface area contributed by atoms with E-state index >= 15 is 0 Å². The highest BCUT2D eigenvalue weighted by molar-refractivity contribution is 5.69. The number of carbonyl (C=O) groups is 1. The summed E-state index contributed by atoms with van der Waals surface area (Å²) in [5.74, 6) is -0.815. The fourth-order valence-electron chi connectivity index (χ4n) is 1.94. The first-order chi connectivity index (χ1) is 7.23. The van der Waals surface area contributed by atoms with Gasteiger partial charge in [0.15, 0.2) is 0 Å². The summed E-state index contributed by atoms with van der Waals surface area (Å²) in [6.07, 6.45) is 5.57. The number of rotatable bonds is 3. The normalized spacial score (nSPS) is 25.3. The highest BCUT2D eigenvalue weighted by Crippen LogP contribution is 2.35. The number of aromatic nitrogens is 2. The van der Waals surface area contributed by atoms with Crippen LogP contribution in [0.4, 0.5) is 0 Å². The second kappa shape index (κ2) is 3.94. The third kappa shape index (κ3) is 1.97. The van der Waals surface area contributed by atoms with Crippen molar-refractivity contribution < 1.29 is 14.6 Å². The van der Waals surface area contributed by atoms with Crippen molar-refractivity contribution in [1.29, 1.82) is 0 Å². The molecule has 0 bridgehead atoms. The van der Waals surface area contributed by atoms with Crippen molar-refractivity contribution in [3.8, 4) is 0 Å². The number of aliphatic carboxylic acids is 1. The minimum Gasteiger partial charge on any atom is -0.481 e. The fraction of sp³-hybridized carbons (Fsp3) is 0.500. The molecule has 1 atom stereocenters. The Bertz CT molecular complexity index is 347. The van der Waals surface area contributed by atoms with Crippen LogP contribution in [0.2, 0.25) is 0 Å². The van der Waals surface area contributed by atoms with Crippen LogP contribution in [0.15, 0.2) is 18.7 Å². The van der Waals surface area contributed by atoms with Gasteiger partial charge in [-0.2, -0.15) is 0 Å². The molecule has 0 aliphatic carbocycles. The Kier molecular flexibility index (Phi) is 2.64. The Morgan fingerprint density at radius 2 is 2.27 bits per heavy atom. The molecule has 1 saturated heterocycles. The quantitative estimate of drug-likeness (QED) is 0.787. The van der Waals surface area contributed by atoms with Crippen LogP contribution in [0.25, 0.3) is 0 Å². The van der Waals surface area contributed by atoms with Crippen LogP contribution in [0, 0.1) is 0 Å². The van der Waals surface area contributed by atoms with Gasteiger partial charge in [0.2, 0.25) is 0 Å². The van der Waals surface area contributed by atoms with Crippen LogP contribution in [0.1, 0.15) is 18.4 Å². The smallest absolute Gasteiger partial charge is 0.304 e. The number of hydrogen-bond acceptors (Lipinski definition) is 4. The third-order valence-electron chi connectivity index (χ3n) is 2.77. The van der Waals surface area contributed by atoms with E-state index in [-0.39, 0.29) is 6.42 Å². The highest BCUT2D eigenvalue weighted by Gasteiger charge is 2.39. The number of carboxylic acid groups (broad SMARTS) is 1. The maximum atomic E-state index is 10.8. The van der Waals surface area contributed by atoms with Gasteiger partial charge >= 0.3 is 5.97 Å². The van der Waals surface area contributed by atoms with Crippen LogP contribution in [0.3, 0.4) is 0 Å². The Balaban J connectivity index is 2.30. The van der Waals surface area contributed by atoms with E-state index in [0.717, 1.165) is 5.56 Å². The summed E-state index contributed by atoms with van der Waals surface area (Å²) in [5.41, 5.74) is 0.414. The van der Waals surface area contributed by atoms with Crippen LogP contribution in [-0.2, 0) is 14.9 Å². The molecule has 5 nitrogen and oxygen atoms in total. The van der Waals surface area contributed by atoms with Gasteiger partial charge in [0.05, 0.1) is 13.0 Å². The lowest BCUT2D eigenvalue weighted by atomic mass is 9.78. The fourth-order valence-corrected chi connectivity index (χ4v) is 1.94. The van der Waals surface area contributed by atoms with Gasteiger partial charge in [-0.1, -0.05) is 0 Å². The van der Waals surface area contributed by atoms with Gasteiger partial charge in [-0.15, -0.1) is 0 Å². The first-order valence-corrected chi connectivity index (χ1v) is 4.78. The lowest BCUT2D eigenvalue weighted by Crippen LogP contribution is -2.30. The molecule has 0 spiro atoms. The van der Waals surface area contributed by atoms with Gasteiger partial charge in [0.25, 0.3) is 0 Å². The molecule has 1 N–H and O–H groups in total. The first kappa shape index (κ1) is 10.0. The summed E-state index contributed by atoms with van der Waals surface area (Å²) >= 11 is 0. The van der Waals surface area contributed by atoms with Gasteiger partial charge in [0.1, 0.15) is 6.33 Å². The molecule has 1 aromatic heterocycles. The monoisotopic (exact) mass is 208 g/mol. The summed E-state index contributed by atoms with van der Waals surface area (Å²) in [6, 6.07) is 0. The molecule has 2 rings (SSSR count). The maximum absolute atomic E-state index is 10.8. The van der Waals surface area contributed by atoms with Crippen LogP contribution >= 0.6 is 0 Å². The molecule has 1 unspecified atom stereocenters. The first-order valence-electron chi connectivity index (χ1n) is 4.78. The van der Waals surface area contributed by atoms with Crippen LogP contribution in [0.5, 0.6) is 0 Å². The molecule has 0 amide bonds. The molecule has 80 valence electrons. The molecular weight excluding hydrogens is 196 g/mol. The highest BCUT2D eigenvalue weighted by atomic mass is 16.5. The Morgan fingerprint density at radius 3 is 2.80 bits per heavy atom. The summed E-state index contributed by atoms with van der Waals surface area (Å²) in [7, 11) is 0. The standard InChI is InChI=1S/C10H12N2O3/c13-9(14)3-10(1-2-15-6-10)8-4-11-7-12-5-8/h4-5,7H,1-3,6H2,(H,13,14). The third-order valence-corrected chi connectivity index (χ3v) is 2.77. The summed E-state index contributed by atoms with van der Waals surface area (Å²) in [5, 5.41) is 8.90. The number of nitrogens with zero attached hydrogens (tertiary/aromatic N) is 2. The molecular formula is C10H12N2O3. The number of hydrogen-bond donors (Lipinski definition) is 1. The molecule has 2 heterocycles. The lowest BCUT2D eigenvalue weighted by molar-refractivity contribution is -0.138. The average molecular weight is 208 g/mol. The molecule has 5 heteroatoms. The molecule has 1 aliphatic rings. The molecule has 1 fully saturated rings. The predicted octanol–water partition coefficient (Wildman–Crippen LogP) is 0.609. The largest absolute Gasteiger partial charge is 0.481 e. The van der Waals surface area contributed by atoms with Gasteiger partial charge in [-0.25, -0.2) is 9.97 Å². The van der Waals surface area contributed by atoms with Crippen molar-refractivity contribution in [3.05, 3.63) is 24.3 Å². The predicted molar refractivity (Wildman–Crippen MR) is 51.4 cm³/mol. The minimum atomic E-state index is -0.815. The van der Waals surface area contributed by atoms with Gasteiger partial charge in [-0.3, -0.25) is 4.79 Å². The molecule has 0 aromatic carbocycles. The maximum Gasteiger partial charge on any atom is 0.304 e. The summed E-state index contributed by atoms with van der Waals surface area (Å²) in [6.45, 7) is 1.04. The van der Waals surface area contributed by atoms with Gasteiger partial charge in [-0.05, 0) is 12.0 Å². The molecule has 1 aliphatic heterocycles. The zero-order valence-corrected chi connectivity index (χ0v) is 8.22. The Morgan fingerprint density at radius 1 is 1.53 bits per heavy atom. The van der Waals surface area contributed by atoms with Crippen molar-refractivity contribution >= 4 is 5.97 Å². The van der Waals surface area contributed by atoms with E-state index in [4.69, 9.17) is 9.84 Å². The zero-order chi connectivity index (χ0) is 10.7. The van der Waals surface area contributed by atoms with Crippen molar-refractivity contribution in [2.24, 2.45) is 0 Å². The number of ether oxygens (including phenoxy) is 1. The van der Waals surface area contributed by atoms with Crippen molar-refractivity contribution in [2.45, 2.75) is 18.3 Å². The summed E-state index contributed by atoms with van der Waals surface area (Å²) < 4.78 is 5.30. The summed E-state index contributed by atoms with van der Waals surface area (Å²) in [4.78, 5) is 18.7. The van der Waals surface area contributed by atoms with E-state index in [1.807, 2.05) is 0 Å². The number of carboxylic acids is 1.